The number of nitrogen functional groups attached to an aromatic ring is 1. The molecular weight excluding hydrogens is 268 g/mol. The van der Waals surface area contributed by atoms with Crippen molar-refractivity contribution in [2.75, 3.05) is 37.4 Å². The Labute approximate surface area is 122 Å². The molecule has 3 N–H and O–H groups in total. The molecule has 2 heterocycles. The molecule has 1 atom stereocenters. The van der Waals surface area contributed by atoms with Crippen molar-refractivity contribution in [3.8, 4) is 0 Å². The van der Waals surface area contributed by atoms with E-state index in [1.54, 1.807) is 19.4 Å². The fraction of sp³-hybridized carbons (Fsp3) is 0.333. The van der Waals surface area contributed by atoms with Gasteiger partial charge in [-0.2, -0.15) is 0 Å². The lowest BCUT2D eigenvalue weighted by Gasteiger charge is -2.36. The molecule has 2 aromatic rings. The second-order valence-electron chi connectivity index (χ2n) is 4.99. The van der Waals surface area contributed by atoms with E-state index >= 15 is 0 Å². The summed E-state index contributed by atoms with van der Waals surface area (Å²) in [5.41, 5.74) is 7.70. The molecule has 1 aromatic carbocycles. The number of amides is 1. The van der Waals surface area contributed by atoms with Crippen LogP contribution >= 0.6 is 0 Å². The zero-order valence-electron chi connectivity index (χ0n) is 11.9. The van der Waals surface area contributed by atoms with Gasteiger partial charge < -0.3 is 20.7 Å². The van der Waals surface area contributed by atoms with Crippen LogP contribution in [0.5, 0.6) is 0 Å². The third-order valence-corrected chi connectivity index (χ3v) is 3.82. The topological polar surface area (TPSA) is 80.5 Å². The number of morpholine rings is 1. The van der Waals surface area contributed by atoms with Gasteiger partial charge >= 0.3 is 0 Å². The summed E-state index contributed by atoms with van der Waals surface area (Å²) in [6.45, 7) is 1.64. The lowest BCUT2D eigenvalue weighted by Crippen LogP contribution is -2.53. The Bertz CT molecular complexity index is 674. The van der Waals surface area contributed by atoms with Gasteiger partial charge in [-0.1, -0.05) is 0 Å². The number of likely N-dealkylation sites (N-methyl/N-ethyl adjacent to an activating group) is 1. The molecule has 1 unspecified atom stereocenters. The first-order chi connectivity index (χ1) is 10.2. The molecule has 0 bridgehead atoms. The number of nitrogens with two attached hydrogens (primary N) is 1. The number of hydrogen-bond acceptors (Lipinski definition) is 5. The van der Waals surface area contributed by atoms with Crippen LogP contribution in [0.4, 0.5) is 11.4 Å². The van der Waals surface area contributed by atoms with Crippen LogP contribution in [0, 0.1) is 0 Å². The Balaban J connectivity index is 2.10. The second kappa shape index (κ2) is 5.57. The highest BCUT2D eigenvalue weighted by atomic mass is 16.5. The number of nitrogens with zero attached hydrogens (tertiary/aromatic N) is 2. The van der Waals surface area contributed by atoms with Crippen LogP contribution in [0.3, 0.4) is 0 Å². The number of rotatable bonds is 2. The number of nitrogens with one attached hydrogen (secondary N) is 1. The van der Waals surface area contributed by atoms with Gasteiger partial charge in [0.25, 0.3) is 0 Å². The highest BCUT2D eigenvalue weighted by Gasteiger charge is 2.30. The van der Waals surface area contributed by atoms with Crippen molar-refractivity contribution in [3.05, 3.63) is 30.6 Å². The highest BCUT2D eigenvalue weighted by molar-refractivity contribution is 6.02. The van der Waals surface area contributed by atoms with E-state index in [0.29, 0.717) is 25.4 Å². The highest BCUT2D eigenvalue weighted by Crippen LogP contribution is 2.32. The van der Waals surface area contributed by atoms with Crippen molar-refractivity contribution in [1.29, 1.82) is 0 Å². The summed E-state index contributed by atoms with van der Waals surface area (Å²) >= 11 is 0. The third-order valence-electron chi connectivity index (χ3n) is 3.82. The van der Waals surface area contributed by atoms with Crippen molar-refractivity contribution in [2.24, 2.45) is 0 Å². The predicted octanol–water partition coefficient (Wildman–Crippen LogP) is 0.768. The lowest BCUT2D eigenvalue weighted by atomic mass is 10.1. The van der Waals surface area contributed by atoms with E-state index < -0.39 is 0 Å². The molecule has 0 saturated carbocycles. The van der Waals surface area contributed by atoms with Crippen molar-refractivity contribution >= 4 is 28.1 Å². The van der Waals surface area contributed by atoms with Gasteiger partial charge in [0.2, 0.25) is 5.91 Å². The molecule has 1 saturated heterocycles. The monoisotopic (exact) mass is 286 g/mol. The van der Waals surface area contributed by atoms with Crippen molar-refractivity contribution in [1.82, 2.24) is 10.3 Å². The smallest absolute Gasteiger partial charge is 0.244 e. The first kappa shape index (κ1) is 13.6. The maximum absolute atomic E-state index is 12.1. The number of fused-ring (bicyclic) bond motifs is 1. The van der Waals surface area contributed by atoms with Gasteiger partial charge in [0.1, 0.15) is 6.04 Å². The first-order valence-corrected chi connectivity index (χ1v) is 6.90. The largest absolute Gasteiger partial charge is 0.398 e. The van der Waals surface area contributed by atoms with Crippen LogP contribution in [0.25, 0.3) is 10.8 Å². The van der Waals surface area contributed by atoms with Gasteiger partial charge in [0.05, 0.1) is 13.2 Å². The van der Waals surface area contributed by atoms with Crippen LogP contribution < -0.4 is 16.0 Å². The fourth-order valence-corrected chi connectivity index (χ4v) is 2.72. The maximum atomic E-state index is 12.1. The van der Waals surface area contributed by atoms with E-state index in [4.69, 9.17) is 10.5 Å². The summed E-state index contributed by atoms with van der Waals surface area (Å²) in [7, 11) is 1.64. The summed E-state index contributed by atoms with van der Waals surface area (Å²) in [5.74, 6) is -0.0523. The molecule has 6 nitrogen and oxygen atoms in total. The molecule has 6 heteroatoms. The molecule has 1 aliphatic heterocycles. The van der Waals surface area contributed by atoms with Crippen LogP contribution in [-0.2, 0) is 9.53 Å². The number of benzene rings is 1. The van der Waals surface area contributed by atoms with E-state index in [2.05, 4.69) is 15.2 Å². The Morgan fingerprint density at radius 1 is 1.43 bits per heavy atom. The van der Waals surface area contributed by atoms with Crippen LogP contribution in [0.2, 0.25) is 0 Å². The van der Waals surface area contributed by atoms with Crippen molar-refractivity contribution in [2.45, 2.75) is 6.04 Å². The second-order valence-corrected chi connectivity index (χ2v) is 4.99. The van der Waals surface area contributed by atoms with Gasteiger partial charge in [0.15, 0.2) is 0 Å². The van der Waals surface area contributed by atoms with Gasteiger partial charge in [-0.05, 0) is 18.2 Å². The minimum Gasteiger partial charge on any atom is -0.398 e. The molecule has 1 amide bonds. The molecule has 0 radical (unpaired) electrons. The molecule has 0 aliphatic carbocycles. The number of aromatic nitrogens is 1. The standard InChI is InChI=1S/C15H18N4O2/c1-17-15(20)14-9-21-7-6-19(14)13-3-2-12(16)10-4-5-18-8-11(10)13/h2-5,8,14H,6-7,9,16H2,1H3,(H,17,20). The number of hydrogen-bond donors (Lipinski definition) is 2. The van der Waals surface area contributed by atoms with Gasteiger partial charge in [-0.25, -0.2) is 0 Å². The molecule has 1 aliphatic rings. The van der Waals surface area contributed by atoms with Gasteiger partial charge in [-0.15, -0.1) is 0 Å². The summed E-state index contributed by atoms with van der Waals surface area (Å²) < 4.78 is 5.45. The van der Waals surface area contributed by atoms with Gasteiger partial charge in [0, 0.05) is 48.1 Å². The van der Waals surface area contributed by atoms with Crippen molar-refractivity contribution in [3.63, 3.8) is 0 Å². The molecule has 1 aromatic heterocycles. The molecular formula is C15H18N4O2. The number of anilines is 2. The maximum Gasteiger partial charge on any atom is 0.244 e. The number of pyridine rings is 1. The van der Waals surface area contributed by atoms with E-state index in [-0.39, 0.29) is 11.9 Å². The van der Waals surface area contributed by atoms with Crippen molar-refractivity contribution < 1.29 is 9.53 Å². The normalized spacial score (nSPS) is 18.7. The number of carbonyl (C=O) groups excluding carboxylic acids is 1. The van der Waals surface area contributed by atoms with Crippen LogP contribution in [0.1, 0.15) is 0 Å². The molecule has 21 heavy (non-hydrogen) atoms. The molecule has 110 valence electrons. The lowest BCUT2D eigenvalue weighted by molar-refractivity contribution is -0.124. The molecule has 0 spiro atoms. The SMILES string of the molecule is CNC(=O)C1COCCN1c1ccc(N)c2ccncc12. The summed E-state index contributed by atoms with van der Waals surface area (Å²) in [6, 6.07) is 5.37. The Hall–Kier alpha value is -2.34. The Morgan fingerprint density at radius 2 is 2.29 bits per heavy atom. The molecule has 1 fully saturated rings. The zero-order valence-corrected chi connectivity index (χ0v) is 11.9. The number of carbonyl (C=O) groups is 1. The van der Waals surface area contributed by atoms with Crippen LogP contribution in [-0.4, -0.2) is 43.7 Å². The first-order valence-electron chi connectivity index (χ1n) is 6.90. The minimum atomic E-state index is -0.337. The summed E-state index contributed by atoms with van der Waals surface area (Å²) in [4.78, 5) is 18.3. The van der Waals surface area contributed by atoms with E-state index in [0.717, 1.165) is 16.5 Å². The average molecular weight is 286 g/mol. The van der Waals surface area contributed by atoms with E-state index in [1.165, 1.54) is 0 Å². The van der Waals surface area contributed by atoms with E-state index in [1.807, 2.05) is 18.2 Å². The molecule has 3 rings (SSSR count). The Kier molecular flexibility index (Phi) is 3.62. The average Bonchev–Trinajstić information content (AvgIpc) is 2.55. The minimum absolute atomic E-state index is 0.0523. The fourth-order valence-electron chi connectivity index (χ4n) is 2.72. The predicted molar refractivity (Wildman–Crippen MR) is 82.2 cm³/mol. The quantitative estimate of drug-likeness (QED) is 0.797. The number of ether oxygens (including phenoxy) is 1. The third kappa shape index (κ3) is 2.38. The zero-order chi connectivity index (χ0) is 14.8. The van der Waals surface area contributed by atoms with Gasteiger partial charge in [-0.3, -0.25) is 9.78 Å². The van der Waals surface area contributed by atoms with Crippen LogP contribution in [0.15, 0.2) is 30.6 Å². The summed E-state index contributed by atoms with van der Waals surface area (Å²) in [6.07, 6.45) is 3.51. The van der Waals surface area contributed by atoms with E-state index in [9.17, 15) is 4.79 Å². The Morgan fingerprint density at radius 3 is 3.10 bits per heavy atom. The summed E-state index contributed by atoms with van der Waals surface area (Å²) in [5, 5.41) is 4.59.